The zero-order valence-electron chi connectivity index (χ0n) is 14.7. The summed E-state index contributed by atoms with van der Waals surface area (Å²) in [7, 11) is 1.83. The van der Waals surface area contributed by atoms with Gasteiger partial charge in [-0.05, 0) is 31.2 Å². The number of para-hydroxylation sites is 1. The van der Waals surface area contributed by atoms with E-state index in [0.29, 0.717) is 6.54 Å². The molecular formula is C19H24ClN5. The number of anilines is 1. The Morgan fingerprint density at radius 2 is 1.88 bits per heavy atom. The summed E-state index contributed by atoms with van der Waals surface area (Å²) in [6.07, 6.45) is 0. The normalized spacial score (nSPS) is 15.4. The first-order valence-corrected chi connectivity index (χ1v) is 8.93. The number of rotatable bonds is 3. The van der Waals surface area contributed by atoms with Crippen molar-refractivity contribution in [1.82, 2.24) is 15.2 Å². The molecule has 1 saturated heterocycles. The predicted octanol–water partition coefficient (Wildman–Crippen LogP) is 2.94. The molecule has 2 heterocycles. The quantitative estimate of drug-likeness (QED) is 0.677. The number of hydrogen-bond donors (Lipinski definition) is 1. The van der Waals surface area contributed by atoms with Gasteiger partial charge < -0.3 is 15.1 Å². The van der Waals surface area contributed by atoms with Crippen LogP contribution in [0.25, 0.3) is 0 Å². The number of benzene rings is 1. The van der Waals surface area contributed by atoms with E-state index < -0.39 is 0 Å². The van der Waals surface area contributed by atoms with Crippen molar-refractivity contribution in [2.75, 3.05) is 38.1 Å². The molecule has 5 nitrogen and oxygen atoms in total. The van der Waals surface area contributed by atoms with Crippen LogP contribution in [0.1, 0.15) is 11.4 Å². The molecule has 0 amide bonds. The van der Waals surface area contributed by atoms with Crippen LogP contribution in [0.15, 0.2) is 47.5 Å². The third kappa shape index (κ3) is 4.42. The monoisotopic (exact) mass is 357 g/mol. The summed E-state index contributed by atoms with van der Waals surface area (Å²) in [6, 6.07) is 14.1. The van der Waals surface area contributed by atoms with Crippen molar-refractivity contribution in [2.24, 2.45) is 4.99 Å². The standard InChI is InChI=1S/C19H24ClN5/c1-15-6-5-7-16(23-15)14-22-19(21-2)25-12-10-24(11-13-25)18-9-4-3-8-17(18)20/h3-9H,10-14H2,1-2H3,(H,21,22). The Balaban J connectivity index is 1.56. The van der Waals surface area contributed by atoms with Gasteiger partial charge >= 0.3 is 0 Å². The van der Waals surface area contributed by atoms with Gasteiger partial charge in [0.1, 0.15) is 0 Å². The Morgan fingerprint density at radius 3 is 2.56 bits per heavy atom. The van der Waals surface area contributed by atoms with E-state index in [1.807, 2.05) is 50.4 Å². The summed E-state index contributed by atoms with van der Waals surface area (Å²) < 4.78 is 0. The molecule has 0 atom stereocenters. The maximum Gasteiger partial charge on any atom is 0.194 e. The van der Waals surface area contributed by atoms with E-state index in [0.717, 1.165) is 54.2 Å². The van der Waals surface area contributed by atoms with Crippen molar-refractivity contribution in [3.05, 3.63) is 58.9 Å². The highest BCUT2D eigenvalue weighted by Crippen LogP contribution is 2.25. The molecule has 0 saturated carbocycles. The van der Waals surface area contributed by atoms with Crippen LogP contribution < -0.4 is 10.2 Å². The first kappa shape index (κ1) is 17.5. The first-order valence-electron chi connectivity index (χ1n) is 8.55. The zero-order valence-corrected chi connectivity index (χ0v) is 15.5. The summed E-state index contributed by atoms with van der Waals surface area (Å²) in [5, 5.41) is 4.23. The average Bonchev–Trinajstić information content (AvgIpc) is 2.63. The molecule has 3 rings (SSSR count). The van der Waals surface area contributed by atoms with Gasteiger partial charge in [0.15, 0.2) is 5.96 Å². The van der Waals surface area contributed by atoms with Crippen molar-refractivity contribution in [3.63, 3.8) is 0 Å². The number of piperazine rings is 1. The molecule has 1 aromatic carbocycles. The van der Waals surface area contributed by atoms with Crippen molar-refractivity contribution >= 4 is 23.2 Å². The van der Waals surface area contributed by atoms with Crippen LogP contribution in [0.2, 0.25) is 5.02 Å². The Morgan fingerprint density at radius 1 is 1.12 bits per heavy atom. The SMILES string of the molecule is CN=C(NCc1cccc(C)n1)N1CCN(c2ccccc2Cl)CC1. The second-order valence-electron chi connectivity index (χ2n) is 6.10. The summed E-state index contributed by atoms with van der Waals surface area (Å²) in [5.74, 6) is 0.919. The minimum absolute atomic E-state index is 0.680. The summed E-state index contributed by atoms with van der Waals surface area (Å²) in [5.41, 5.74) is 3.16. The Kier molecular flexibility index (Phi) is 5.76. The second-order valence-corrected chi connectivity index (χ2v) is 6.50. The van der Waals surface area contributed by atoms with Crippen LogP contribution in [-0.4, -0.2) is 49.1 Å². The average molecular weight is 358 g/mol. The van der Waals surface area contributed by atoms with Crippen LogP contribution in [0.3, 0.4) is 0 Å². The molecule has 0 unspecified atom stereocenters. The summed E-state index contributed by atoms with van der Waals surface area (Å²) in [4.78, 5) is 13.6. The van der Waals surface area contributed by atoms with Gasteiger partial charge in [-0.1, -0.05) is 29.8 Å². The summed E-state index contributed by atoms with van der Waals surface area (Å²) >= 11 is 6.32. The van der Waals surface area contributed by atoms with Crippen molar-refractivity contribution < 1.29 is 0 Å². The number of nitrogens with one attached hydrogen (secondary N) is 1. The minimum Gasteiger partial charge on any atom is -0.367 e. The van der Waals surface area contributed by atoms with Crippen LogP contribution in [0.5, 0.6) is 0 Å². The highest BCUT2D eigenvalue weighted by Gasteiger charge is 2.20. The van der Waals surface area contributed by atoms with Gasteiger partial charge in [0.2, 0.25) is 0 Å². The highest BCUT2D eigenvalue weighted by atomic mass is 35.5. The lowest BCUT2D eigenvalue weighted by Gasteiger charge is -2.38. The Hall–Kier alpha value is -2.27. The lowest BCUT2D eigenvalue weighted by molar-refractivity contribution is 0.372. The smallest absolute Gasteiger partial charge is 0.194 e. The fourth-order valence-corrected chi connectivity index (χ4v) is 3.32. The van der Waals surface area contributed by atoms with E-state index in [2.05, 4.69) is 31.2 Å². The molecule has 132 valence electrons. The largest absolute Gasteiger partial charge is 0.367 e. The van der Waals surface area contributed by atoms with E-state index in [1.165, 1.54) is 0 Å². The van der Waals surface area contributed by atoms with Gasteiger partial charge in [0.05, 0.1) is 22.9 Å². The fourth-order valence-electron chi connectivity index (χ4n) is 3.07. The number of aliphatic imine (C=N–C) groups is 1. The lowest BCUT2D eigenvalue weighted by atomic mass is 10.2. The third-order valence-electron chi connectivity index (χ3n) is 4.36. The van der Waals surface area contributed by atoms with E-state index in [1.54, 1.807) is 0 Å². The van der Waals surface area contributed by atoms with Crippen LogP contribution in [0, 0.1) is 6.92 Å². The van der Waals surface area contributed by atoms with E-state index in [-0.39, 0.29) is 0 Å². The number of nitrogens with zero attached hydrogens (tertiary/aromatic N) is 4. The molecule has 1 fully saturated rings. The van der Waals surface area contributed by atoms with Gasteiger partial charge in [0, 0.05) is 38.9 Å². The number of hydrogen-bond acceptors (Lipinski definition) is 3. The van der Waals surface area contributed by atoms with Gasteiger partial charge in [-0.2, -0.15) is 0 Å². The molecule has 0 bridgehead atoms. The maximum atomic E-state index is 6.32. The van der Waals surface area contributed by atoms with Crippen LogP contribution in [0.4, 0.5) is 5.69 Å². The molecule has 6 heteroatoms. The highest BCUT2D eigenvalue weighted by molar-refractivity contribution is 6.33. The molecule has 1 N–H and O–H groups in total. The van der Waals surface area contributed by atoms with Crippen molar-refractivity contribution in [1.29, 1.82) is 0 Å². The van der Waals surface area contributed by atoms with Gasteiger partial charge in [-0.3, -0.25) is 9.98 Å². The number of halogens is 1. The molecule has 1 aliphatic heterocycles. The lowest BCUT2D eigenvalue weighted by Crippen LogP contribution is -2.52. The van der Waals surface area contributed by atoms with E-state index >= 15 is 0 Å². The van der Waals surface area contributed by atoms with Crippen molar-refractivity contribution in [2.45, 2.75) is 13.5 Å². The van der Waals surface area contributed by atoms with Gasteiger partial charge in [-0.15, -0.1) is 0 Å². The van der Waals surface area contributed by atoms with Gasteiger partial charge in [-0.25, -0.2) is 0 Å². The van der Waals surface area contributed by atoms with Gasteiger partial charge in [0.25, 0.3) is 0 Å². The van der Waals surface area contributed by atoms with E-state index in [4.69, 9.17) is 11.6 Å². The molecular weight excluding hydrogens is 334 g/mol. The number of aryl methyl sites for hydroxylation is 1. The Bertz CT molecular complexity index is 738. The molecule has 0 spiro atoms. The number of pyridine rings is 1. The Labute approximate surface area is 154 Å². The topological polar surface area (TPSA) is 43.8 Å². The fraction of sp³-hybridized carbons (Fsp3) is 0.368. The van der Waals surface area contributed by atoms with Crippen LogP contribution in [-0.2, 0) is 6.54 Å². The molecule has 25 heavy (non-hydrogen) atoms. The maximum absolute atomic E-state index is 6.32. The molecule has 2 aromatic rings. The number of guanidine groups is 1. The third-order valence-corrected chi connectivity index (χ3v) is 4.68. The predicted molar refractivity (Wildman–Crippen MR) is 104 cm³/mol. The number of aromatic nitrogens is 1. The summed E-state index contributed by atoms with van der Waals surface area (Å²) in [6.45, 7) is 6.35. The molecule has 1 aliphatic rings. The molecule has 0 radical (unpaired) electrons. The second kappa shape index (κ2) is 8.21. The minimum atomic E-state index is 0.680. The molecule has 0 aliphatic carbocycles. The first-order chi connectivity index (χ1) is 12.2. The van der Waals surface area contributed by atoms with E-state index in [9.17, 15) is 0 Å². The van der Waals surface area contributed by atoms with Crippen molar-refractivity contribution in [3.8, 4) is 0 Å². The zero-order chi connectivity index (χ0) is 17.6. The van der Waals surface area contributed by atoms with Crippen LogP contribution >= 0.6 is 11.6 Å². The molecule has 1 aromatic heterocycles.